The lowest BCUT2D eigenvalue weighted by Gasteiger charge is -2.13. The van der Waals surface area contributed by atoms with Crippen molar-refractivity contribution in [2.24, 2.45) is 0 Å². The highest BCUT2D eigenvalue weighted by Crippen LogP contribution is 2.24. The van der Waals surface area contributed by atoms with E-state index >= 15 is 0 Å². The van der Waals surface area contributed by atoms with E-state index < -0.39 is 10.0 Å². The van der Waals surface area contributed by atoms with Gasteiger partial charge in [-0.25, -0.2) is 13.4 Å². The number of hydrogen-bond acceptors (Lipinski definition) is 5. The molecule has 7 heteroatoms. The Labute approximate surface area is 153 Å². The molecule has 0 aliphatic heterocycles. The largest absolute Gasteiger partial charge is 0.467 e. The van der Waals surface area contributed by atoms with Crippen molar-refractivity contribution >= 4 is 21.5 Å². The lowest BCUT2D eigenvalue weighted by Crippen LogP contribution is -2.16. The third-order valence-corrected chi connectivity index (χ3v) is 5.58. The molecule has 26 heavy (non-hydrogen) atoms. The van der Waals surface area contributed by atoms with Crippen LogP contribution >= 0.6 is 0 Å². The van der Waals surface area contributed by atoms with E-state index in [1.165, 1.54) is 0 Å². The molecule has 2 heterocycles. The predicted octanol–water partition coefficient (Wildman–Crippen LogP) is 4.01. The third kappa shape index (κ3) is 4.05. The maximum absolute atomic E-state index is 12.7. The van der Waals surface area contributed by atoms with E-state index in [1.54, 1.807) is 38.4 Å². The summed E-state index contributed by atoms with van der Waals surface area (Å²) >= 11 is 0. The molecule has 0 atom stereocenters. The van der Waals surface area contributed by atoms with Gasteiger partial charge in [0.15, 0.2) is 0 Å². The van der Waals surface area contributed by atoms with Gasteiger partial charge < -0.3 is 9.73 Å². The van der Waals surface area contributed by atoms with Crippen LogP contribution in [0.15, 0.2) is 58.2 Å². The summed E-state index contributed by atoms with van der Waals surface area (Å²) in [7, 11) is -3.70. The van der Waals surface area contributed by atoms with Crippen molar-refractivity contribution in [2.75, 3.05) is 10.0 Å². The molecular formula is C19H21N3O3S. The summed E-state index contributed by atoms with van der Waals surface area (Å²) in [6, 6.07) is 10.8. The zero-order valence-electron chi connectivity index (χ0n) is 14.9. The number of aryl methyl sites for hydroxylation is 3. The number of nitrogens with one attached hydrogen (secondary N) is 2. The summed E-state index contributed by atoms with van der Waals surface area (Å²) < 4.78 is 33.3. The van der Waals surface area contributed by atoms with Gasteiger partial charge in [0.1, 0.15) is 11.6 Å². The smallest absolute Gasteiger partial charge is 0.263 e. The standard InChI is InChI=1S/C19H21N3O3S/c1-13-9-14(2)19(15(3)10-13)26(23,24)22-18-7-6-16(11-21-18)20-12-17-5-4-8-25-17/h4-11,20H,12H2,1-3H3,(H,21,22). The monoisotopic (exact) mass is 371 g/mol. The zero-order valence-corrected chi connectivity index (χ0v) is 15.7. The number of hydrogen-bond donors (Lipinski definition) is 2. The molecule has 6 nitrogen and oxygen atoms in total. The molecule has 0 radical (unpaired) electrons. The minimum absolute atomic E-state index is 0.271. The van der Waals surface area contributed by atoms with Crippen LogP contribution in [0.4, 0.5) is 11.5 Å². The Morgan fingerprint density at radius 2 is 1.81 bits per heavy atom. The molecule has 0 aliphatic carbocycles. The van der Waals surface area contributed by atoms with Gasteiger partial charge in [-0.15, -0.1) is 0 Å². The topological polar surface area (TPSA) is 84.2 Å². The second-order valence-electron chi connectivity index (χ2n) is 6.20. The average Bonchev–Trinajstić information content (AvgIpc) is 3.06. The number of anilines is 2. The molecule has 0 fully saturated rings. The van der Waals surface area contributed by atoms with Crippen LogP contribution < -0.4 is 10.0 Å². The van der Waals surface area contributed by atoms with Gasteiger partial charge in [-0.1, -0.05) is 17.7 Å². The molecule has 0 aliphatic rings. The Balaban J connectivity index is 1.74. The van der Waals surface area contributed by atoms with Crippen molar-refractivity contribution in [3.63, 3.8) is 0 Å². The molecule has 2 aromatic heterocycles. The maximum atomic E-state index is 12.7. The van der Waals surface area contributed by atoms with Gasteiger partial charge in [0.25, 0.3) is 10.0 Å². The van der Waals surface area contributed by atoms with Gasteiger partial charge >= 0.3 is 0 Å². The van der Waals surface area contributed by atoms with Gasteiger partial charge in [-0.05, 0) is 56.2 Å². The maximum Gasteiger partial charge on any atom is 0.263 e. The summed E-state index contributed by atoms with van der Waals surface area (Å²) in [4.78, 5) is 4.48. The first kappa shape index (κ1) is 18.0. The molecule has 0 amide bonds. The van der Waals surface area contributed by atoms with E-state index in [1.807, 2.05) is 31.2 Å². The Hall–Kier alpha value is -2.80. The summed E-state index contributed by atoms with van der Waals surface area (Å²) in [5.74, 6) is 1.08. The minimum atomic E-state index is -3.70. The Morgan fingerprint density at radius 3 is 2.38 bits per heavy atom. The molecular weight excluding hydrogens is 350 g/mol. The van der Waals surface area contributed by atoms with E-state index in [0.717, 1.165) is 17.0 Å². The molecule has 0 spiro atoms. The van der Waals surface area contributed by atoms with Crippen LogP contribution in [0, 0.1) is 20.8 Å². The lowest BCUT2D eigenvalue weighted by atomic mass is 10.1. The van der Waals surface area contributed by atoms with E-state index in [-0.39, 0.29) is 5.82 Å². The third-order valence-electron chi connectivity index (χ3n) is 3.92. The molecule has 3 rings (SSSR count). The number of benzene rings is 1. The highest BCUT2D eigenvalue weighted by atomic mass is 32.2. The van der Waals surface area contributed by atoms with Crippen molar-refractivity contribution in [1.29, 1.82) is 0 Å². The van der Waals surface area contributed by atoms with Crippen molar-refractivity contribution in [3.05, 3.63) is 71.3 Å². The van der Waals surface area contributed by atoms with Crippen LogP contribution in [0.25, 0.3) is 0 Å². The van der Waals surface area contributed by atoms with Crippen LogP contribution in [0.3, 0.4) is 0 Å². The quantitative estimate of drug-likeness (QED) is 0.684. The number of rotatable bonds is 6. The predicted molar refractivity (Wildman–Crippen MR) is 102 cm³/mol. The highest BCUT2D eigenvalue weighted by molar-refractivity contribution is 7.92. The number of aromatic nitrogens is 1. The normalized spacial score (nSPS) is 11.3. The molecule has 0 saturated heterocycles. The Morgan fingerprint density at radius 1 is 1.08 bits per heavy atom. The van der Waals surface area contributed by atoms with E-state index in [4.69, 9.17) is 4.42 Å². The number of pyridine rings is 1. The summed E-state index contributed by atoms with van der Waals surface area (Å²) in [6.07, 6.45) is 3.19. The lowest BCUT2D eigenvalue weighted by molar-refractivity contribution is 0.518. The highest BCUT2D eigenvalue weighted by Gasteiger charge is 2.20. The fourth-order valence-corrected chi connectivity index (χ4v) is 4.40. The van der Waals surface area contributed by atoms with Crippen LogP contribution in [0.5, 0.6) is 0 Å². The van der Waals surface area contributed by atoms with E-state index in [9.17, 15) is 8.42 Å². The molecule has 2 N–H and O–H groups in total. The molecule has 0 unspecified atom stereocenters. The average molecular weight is 371 g/mol. The Bertz CT molecular complexity index is 972. The van der Waals surface area contributed by atoms with Crippen molar-refractivity contribution in [1.82, 2.24) is 4.98 Å². The zero-order chi connectivity index (χ0) is 18.7. The molecule has 3 aromatic rings. The van der Waals surface area contributed by atoms with Gasteiger partial charge in [0.05, 0.1) is 29.6 Å². The molecule has 136 valence electrons. The van der Waals surface area contributed by atoms with Crippen LogP contribution in [-0.2, 0) is 16.6 Å². The minimum Gasteiger partial charge on any atom is -0.467 e. The van der Waals surface area contributed by atoms with E-state index in [2.05, 4.69) is 15.0 Å². The van der Waals surface area contributed by atoms with Gasteiger partial charge in [0.2, 0.25) is 0 Å². The van der Waals surface area contributed by atoms with Gasteiger partial charge in [0, 0.05) is 0 Å². The first-order valence-corrected chi connectivity index (χ1v) is 9.66. The number of furan rings is 1. The van der Waals surface area contributed by atoms with Gasteiger partial charge in [-0.3, -0.25) is 4.72 Å². The van der Waals surface area contributed by atoms with Gasteiger partial charge in [-0.2, -0.15) is 0 Å². The fraction of sp³-hybridized carbons (Fsp3) is 0.211. The first-order chi connectivity index (χ1) is 12.3. The second-order valence-corrected chi connectivity index (χ2v) is 7.82. The van der Waals surface area contributed by atoms with Crippen LogP contribution in [0.1, 0.15) is 22.5 Å². The van der Waals surface area contributed by atoms with Crippen LogP contribution in [-0.4, -0.2) is 13.4 Å². The molecule has 0 bridgehead atoms. The first-order valence-electron chi connectivity index (χ1n) is 8.18. The number of nitrogens with zero attached hydrogens (tertiary/aromatic N) is 1. The Kier molecular flexibility index (Phi) is 4.99. The molecule has 1 aromatic carbocycles. The summed E-state index contributed by atoms with van der Waals surface area (Å²) in [5.41, 5.74) is 3.23. The van der Waals surface area contributed by atoms with Crippen molar-refractivity contribution in [3.8, 4) is 0 Å². The van der Waals surface area contributed by atoms with Crippen molar-refractivity contribution in [2.45, 2.75) is 32.2 Å². The van der Waals surface area contributed by atoms with E-state index in [0.29, 0.717) is 22.6 Å². The second kappa shape index (κ2) is 7.21. The van der Waals surface area contributed by atoms with Crippen molar-refractivity contribution < 1.29 is 12.8 Å². The number of sulfonamides is 1. The van der Waals surface area contributed by atoms with Crippen LogP contribution in [0.2, 0.25) is 0 Å². The summed E-state index contributed by atoms with van der Waals surface area (Å²) in [6.45, 7) is 6.06. The summed E-state index contributed by atoms with van der Waals surface area (Å²) in [5, 5.41) is 3.16. The molecule has 0 saturated carbocycles. The SMILES string of the molecule is Cc1cc(C)c(S(=O)(=O)Nc2ccc(NCc3ccco3)cn2)c(C)c1. The fourth-order valence-electron chi connectivity index (χ4n) is 2.94.